The highest BCUT2D eigenvalue weighted by atomic mass is 16.5. The first-order valence-corrected chi connectivity index (χ1v) is 6.09. The number of methoxy groups -OCH3 is 1. The lowest BCUT2D eigenvalue weighted by Crippen LogP contribution is -2.41. The lowest BCUT2D eigenvalue weighted by molar-refractivity contribution is 0.276. The fourth-order valence-corrected chi connectivity index (χ4v) is 2.61. The third kappa shape index (κ3) is 2.22. The van der Waals surface area contributed by atoms with Crippen LogP contribution in [0, 0.1) is 5.92 Å². The molecule has 0 saturated carbocycles. The highest BCUT2D eigenvalue weighted by molar-refractivity contribution is 5.31. The Balaban J connectivity index is 2.21. The van der Waals surface area contributed by atoms with Crippen LogP contribution < -0.4 is 10.1 Å². The van der Waals surface area contributed by atoms with Gasteiger partial charge in [0, 0.05) is 6.04 Å². The van der Waals surface area contributed by atoms with Crippen LogP contribution in [0.1, 0.15) is 31.7 Å². The fourth-order valence-electron chi connectivity index (χ4n) is 2.61. The summed E-state index contributed by atoms with van der Waals surface area (Å²) in [5, 5.41) is 3.53. The van der Waals surface area contributed by atoms with Gasteiger partial charge in [0.1, 0.15) is 5.75 Å². The average Bonchev–Trinajstić information content (AvgIpc) is 2.33. The van der Waals surface area contributed by atoms with Crippen LogP contribution in [0.4, 0.5) is 0 Å². The summed E-state index contributed by atoms with van der Waals surface area (Å²) in [6, 6.07) is 9.11. The van der Waals surface area contributed by atoms with E-state index in [9.17, 15) is 0 Å². The molecule has 1 saturated heterocycles. The van der Waals surface area contributed by atoms with Gasteiger partial charge in [0.25, 0.3) is 0 Å². The highest BCUT2D eigenvalue weighted by Gasteiger charge is 2.27. The molecule has 1 N–H and O–H groups in total. The van der Waals surface area contributed by atoms with Gasteiger partial charge in [-0.2, -0.15) is 0 Å². The summed E-state index contributed by atoms with van der Waals surface area (Å²) >= 11 is 0. The second-order valence-electron chi connectivity index (χ2n) is 4.77. The SMILES string of the molecule is COc1cccc([C@@H]2CCN[C@H](C)[C@H]2C)c1. The fraction of sp³-hybridized carbons (Fsp3) is 0.571. The van der Waals surface area contributed by atoms with Crippen LogP contribution in [0.3, 0.4) is 0 Å². The molecule has 16 heavy (non-hydrogen) atoms. The van der Waals surface area contributed by atoms with Crippen molar-refractivity contribution in [2.24, 2.45) is 5.92 Å². The second-order valence-corrected chi connectivity index (χ2v) is 4.77. The molecule has 1 fully saturated rings. The predicted octanol–water partition coefficient (Wildman–Crippen LogP) is 2.80. The van der Waals surface area contributed by atoms with Crippen LogP contribution >= 0.6 is 0 Å². The molecule has 0 unspecified atom stereocenters. The maximum absolute atomic E-state index is 5.29. The molecular formula is C14H21NO. The van der Waals surface area contributed by atoms with Crippen molar-refractivity contribution in [2.45, 2.75) is 32.2 Å². The van der Waals surface area contributed by atoms with E-state index < -0.39 is 0 Å². The topological polar surface area (TPSA) is 21.3 Å². The summed E-state index contributed by atoms with van der Waals surface area (Å²) in [6.45, 7) is 5.73. The van der Waals surface area contributed by atoms with E-state index >= 15 is 0 Å². The van der Waals surface area contributed by atoms with Gasteiger partial charge in [-0.05, 0) is 49.4 Å². The molecule has 1 heterocycles. The Labute approximate surface area is 98.0 Å². The van der Waals surface area contributed by atoms with Gasteiger partial charge in [-0.1, -0.05) is 19.1 Å². The molecule has 0 spiro atoms. The lowest BCUT2D eigenvalue weighted by atomic mass is 9.78. The van der Waals surface area contributed by atoms with Crippen molar-refractivity contribution in [1.29, 1.82) is 0 Å². The van der Waals surface area contributed by atoms with E-state index in [-0.39, 0.29) is 0 Å². The number of rotatable bonds is 2. The molecule has 0 bridgehead atoms. The van der Waals surface area contributed by atoms with Crippen molar-refractivity contribution in [3.05, 3.63) is 29.8 Å². The summed E-state index contributed by atoms with van der Waals surface area (Å²) in [5.74, 6) is 2.31. The molecule has 0 radical (unpaired) electrons. The first-order chi connectivity index (χ1) is 7.72. The standard InChI is InChI=1S/C14H21NO/c1-10-11(2)15-8-7-14(10)12-5-4-6-13(9-12)16-3/h4-6,9-11,14-15H,7-8H2,1-3H3/t10-,11-,14-/m1/s1. The van der Waals surface area contributed by atoms with Crippen molar-refractivity contribution >= 4 is 0 Å². The Bertz CT molecular complexity index is 350. The Morgan fingerprint density at radius 3 is 2.88 bits per heavy atom. The molecule has 2 rings (SSSR count). The van der Waals surface area contributed by atoms with Crippen molar-refractivity contribution < 1.29 is 4.74 Å². The van der Waals surface area contributed by atoms with Gasteiger partial charge in [0.05, 0.1) is 7.11 Å². The van der Waals surface area contributed by atoms with Crippen molar-refractivity contribution in [3.8, 4) is 5.75 Å². The molecule has 0 aromatic heterocycles. The van der Waals surface area contributed by atoms with Gasteiger partial charge in [-0.15, -0.1) is 0 Å². The van der Waals surface area contributed by atoms with Crippen LogP contribution in [-0.4, -0.2) is 19.7 Å². The zero-order valence-electron chi connectivity index (χ0n) is 10.4. The molecule has 1 aliphatic rings. The minimum atomic E-state index is 0.602. The van der Waals surface area contributed by atoms with E-state index in [1.807, 2.05) is 6.07 Å². The van der Waals surface area contributed by atoms with Gasteiger partial charge in [-0.3, -0.25) is 0 Å². The molecule has 0 amide bonds. The number of benzene rings is 1. The van der Waals surface area contributed by atoms with Gasteiger partial charge in [-0.25, -0.2) is 0 Å². The summed E-state index contributed by atoms with van der Waals surface area (Å²) in [5.41, 5.74) is 1.42. The first-order valence-electron chi connectivity index (χ1n) is 6.09. The van der Waals surface area contributed by atoms with E-state index in [4.69, 9.17) is 4.74 Å². The van der Waals surface area contributed by atoms with E-state index in [0.717, 1.165) is 12.3 Å². The Kier molecular flexibility index (Phi) is 3.49. The minimum Gasteiger partial charge on any atom is -0.497 e. The molecule has 2 heteroatoms. The molecular weight excluding hydrogens is 198 g/mol. The number of piperidine rings is 1. The lowest BCUT2D eigenvalue weighted by Gasteiger charge is -2.35. The van der Waals surface area contributed by atoms with Crippen molar-refractivity contribution in [1.82, 2.24) is 5.32 Å². The Morgan fingerprint density at radius 2 is 2.12 bits per heavy atom. The third-order valence-electron chi connectivity index (χ3n) is 3.87. The monoisotopic (exact) mass is 219 g/mol. The van der Waals surface area contributed by atoms with Gasteiger partial charge in [0.15, 0.2) is 0 Å². The number of hydrogen-bond donors (Lipinski definition) is 1. The van der Waals surface area contributed by atoms with Crippen LogP contribution in [0.2, 0.25) is 0 Å². The number of ether oxygens (including phenoxy) is 1. The molecule has 0 aliphatic carbocycles. The number of hydrogen-bond acceptors (Lipinski definition) is 2. The second kappa shape index (κ2) is 4.88. The van der Waals surface area contributed by atoms with Crippen molar-refractivity contribution in [3.63, 3.8) is 0 Å². The molecule has 2 nitrogen and oxygen atoms in total. The summed E-state index contributed by atoms with van der Waals surface area (Å²) in [7, 11) is 1.73. The first kappa shape index (κ1) is 11.5. The van der Waals surface area contributed by atoms with E-state index in [1.54, 1.807) is 7.11 Å². The molecule has 1 aliphatic heterocycles. The molecule has 3 atom stereocenters. The zero-order valence-corrected chi connectivity index (χ0v) is 10.4. The summed E-state index contributed by atoms with van der Waals surface area (Å²) in [6.07, 6.45) is 1.22. The Hall–Kier alpha value is -1.02. The van der Waals surface area contributed by atoms with E-state index in [0.29, 0.717) is 17.9 Å². The smallest absolute Gasteiger partial charge is 0.119 e. The molecule has 1 aromatic rings. The highest BCUT2D eigenvalue weighted by Crippen LogP contribution is 2.34. The summed E-state index contributed by atoms with van der Waals surface area (Å²) < 4.78 is 5.29. The van der Waals surface area contributed by atoms with Gasteiger partial charge < -0.3 is 10.1 Å². The maximum atomic E-state index is 5.29. The van der Waals surface area contributed by atoms with E-state index in [2.05, 4.69) is 37.4 Å². The summed E-state index contributed by atoms with van der Waals surface area (Å²) in [4.78, 5) is 0. The quantitative estimate of drug-likeness (QED) is 0.826. The average molecular weight is 219 g/mol. The molecule has 1 aromatic carbocycles. The van der Waals surface area contributed by atoms with Gasteiger partial charge in [0.2, 0.25) is 0 Å². The van der Waals surface area contributed by atoms with Crippen LogP contribution in [0.15, 0.2) is 24.3 Å². The largest absolute Gasteiger partial charge is 0.497 e. The normalized spacial score (nSPS) is 30.1. The third-order valence-corrected chi connectivity index (χ3v) is 3.87. The molecule has 88 valence electrons. The minimum absolute atomic E-state index is 0.602. The number of nitrogens with one attached hydrogen (secondary N) is 1. The van der Waals surface area contributed by atoms with Crippen LogP contribution in [-0.2, 0) is 0 Å². The van der Waals surface area contributed by atoms with Crippen molar-refractivity contribution in [2.75, 3.05) is 13.7 Å². The van der Waals surface area contributed by atoms with E-state index in [1.165, 1.54) is 12.0 Å². The van der Waals surface area contributed by atoms with Crippen LogP contribution in [0.25, 0.3) is 0 Å². The van der Waals surface area contributed by atoms with Crippen LogP contribution in [0.5, 0.6) is 5.75 Å². The Morgan fingerprint density at radius 1 is 1.31 bits per heavy atom. The zero-order chi connectivity index (χ0) is 11.5. The predicted molar refractivity (Wildman–Crippen MR) is 67.0 cm³/mol. The van der Waals surface area contributed by atoms with Gasteiger partial charge >= 0.3 is 0 Å². The maximum Gasteiger partial charge on any atom is 0.119 e.